The van der Waals surface area contributed by atoms with E-state index in [1.807, 2.05) is 12.1 Å². The van der Waals surface area contributed by atoms with Crippen molar-refractivity contribution in [3.05, 3.63) is 59.4 Å². The fourth-order valence-electron chi connectivity index (χ4n) is 2.92. The molecule has 1 saturated carbocycles. The van der Waals surface area contributed by atoms with Crippen LogP contribution in [0.5, 0.6) is 5.75 Å². The lowest BCUT2D eigenvalue weighted by atomic mass is 10.1. The lowest BCUT2D eigenvalue weighted by Crippen LogP contribution is -2.37. The third-order valence-corrected chi connectivity index (χ3v) is 4.47. The Kier molecular flexibility index (Phi) is 5.33. The predicted molar refractivity (Wildman–Crippen MR) is 91.2 cm³/mol. The Morgan fingerprint density at radius 2 is 2.08 bits per heavy atom. The van der Waals surface area contributed by atoms with Crippen LogP contribution in [-0.4, -0.2) is 34.8 Å². The van der Waals surface area contributed by atoms with Gasteiger partial charge in [-0.05, 0) is 43.2 Å². The van der Waals surface area contributed by atoms with Gasteiger partial charge in [0.05, 0.1) is 6.10 Å². The summed E-state index contributed by atoms with van der Waals surface area (Å²) in [6.07, 6.45) is 3.78. The summed E-state index contributed by atoms with van der Waals surface area (Å²) in [5.41, 5.74) is 0.559. The Labute approximate surface area is 145 Å². The zero-order valence-corrected chi connectivity index (χ0v) is 13.8. The number of ether oxygens (including phenoxy) is 1. The molecule has 2 N–H and O–H groups in total. The van der Waals surface area contributed by atoms with Crippen LogP contribution in [-0.2, 0) is 0 Å². The molecule has 1 fully saturated rings. The molecular weight excluding hydrogens is 328 g/mol. The largest absolute Gasteiger partial charge is 0.488 e. The zero-order chi connectivity index (χ0) is 16.9. The number of hydrogen-bond acceptors (Lipinski definition) is 4. The van der Waals surface area contributed by atoms with Gasteiger partial charge in [0.2, 0.25) is 0 Å². The van der Waals surface area contributed by atoms with Crippen molar-refractivity contribution in [3.63, 3.8) is 0 Å². The van der Waals surface area contributed by atoms with Gasteiger partial charge in [-0.25, -0.2) is 0 Å². The summed E-state index contributed by atoms with van der Waals surface area (Å²) in [4.78, 5) is 15.9. The Bertz CT molecular complexity index is 696. The van der Waals surface area contributed by atoms with Gasteiger partial charge in [0.15, 0.2) is 0 Å². The van der Waals surface area contributed by atoms with E-state index in [4.69, 9.17) is 16.3 Å². The molecule has 0 aliphatic heterocycles. The first-order valence-corrected chi connectivity index (χ1v) is 8.30. The minimum absolute atomic E-state index is 0.0278. The number of benzene rings is 1. The SMILES string of the molecule is O=C(NC[C@H]1CC[C@@H](Oc2cccc(Cl)c2)[C@@H]1O)c1ccncc1. The highest BCUT2D eigenvalue weighted by molar-refractivity contribution is 6.30. The zero-order valence-electron chi connectivity index (χ0n) is 13.1. The fourth-order valence-corrected chi connectivity index (χ4v) is 3.10. The van der Waals surface area contributed by atoms with Crippen molar-refractivity contribution in [2.24, 2.45) is 5.92 Å². The van der Waals surface area contributed by atoms with E-state index < -0.39 is 6.10 Å². The molecule has 0 radical (unpaired) electrons. The van der Waals surface area contributed by atoms with Crippen LogP contribution in [0.15, 0.2) is 48.8 Å². The average molecular weight is 347 g/mol. The lowest BCUT2D eigenvalue weighted by molar-refractivity contribution is 0.0348. The fraction of sp³-hybridized carbons (Fsp3) is 0.333. The van der Waals surface area contributed by atoms with Crippen molar-refractivity contribution >= 4 is 17.5 Å². The lowest BCUT2D eigenvalue weighted by Gasteiger charge is -2.21. The summed E-state index contributed by atoms with van der Waals surface area (Å²) < 4.78 is 5.83. The first kappa shape index (κ1) is 16.7. The van der Waals surface area contributed by atoms with Gasteiger partial charge in [0, 0.05) is 35.4 Å². The van der Waals surface area contributed by atoms with E-state index in [0.29, 0.717) is 22.9 Å². The molecule has 1 aromatic heterocycles. The van der Waals surface area contributed by atoms with Crippen LogP contribution >= 0.6 is 11.6 Å². The summed E-state index contributed by atoms with van der Waals surface area (Å²) >= 11 is 5.94. The van der Waals surface area contributed by atoms with Crippen LogP contribution in [0.3, 0.4) is 0 Å². The van der Waals surface area contributed by atoms with Crippen molar-refractivity contribution in [1.82, 2.24) is 10.3 Å². The van der Waals surface area contributed by atoms with Gasteiger partial charge in [-0.1, -0.05) is 17.7 Å². The highest BCUT2D eigenvalue weighted by atomic mass is 35.5. The maximum atomic E-state index is 12.1. The molecule has 3 rings (SSSR count). The number of aliphatic hydroxyl groups is 1. The first-order chi connectivity index (χ1) is 11.6. The molecule has 1 aliphatic carbocycles. The summed E-state index contributed by atoms with van der Waals surface area (Å²) in [7, 11) is 0. The van der Waals surface area contributed by atoms with E-state index in [1.54, 1.807) is 36.7 Å². The Morgan fingerprint density at radius 1 is 1.29 bits per heavy atom. The van der Waals surface area contributed by atoms with Crippen molar-refractivity contribution in [3.8, 4) is 5.75 Å². The van der Waals surface area contributed by atoms with Crippen LogP contribution in [0.2, 0.25) is 5.02 Å². The van der Waals surface area contributed by atoms with Crippen LogP contribution in [0.25, 0.3) is 0 Å². The number of amides is 1. The molecule has 0 unspecified atom stereocenters. The molecule has 1 aromatic carbocycles. The van der Waals surface area contributed by atoms with Gasteiger partial charge in [-0.3, -0.25) is 9.78 Å². The van der Waals surface area contributed by atoms with E-state index in [2.05, 4.69) is 10.3 Å². The van der Waals surface area contributed by atoms with E-state index in [9.17, 15) is 9.90 Å². The van der Waals surface area contributed by atoms with Gasteiger partial charge in [0.1, 0.15) is 11.9 Å². The molecule has 0 spiro atoms. The highest BCUT2D eigenvalue weighted by Gasteiger charge is 2.36. The number of pyridine rings is 1. The number of nitrogens with one attached hydrogen (secondary N) is 1. The summed E-state index contributed by atoms with van der Waals surface area (Å²) in [5, 5.41) is 13.9. The molecule has 1 aliphatic rings. The Morgan fingerprint density at radius 3 is 2.83 bits per heavy atom. The highest BCUT2D eigenvalue weighted by Crippen LogP contribution is 2.30. The average Bonchev–Trinajstić information content (AvgIpc) is 2.94. The molecular formula is C18H19ClN2O3. The van der Waals surface area contributed by atoms with Crippen molar-refractivity contribution in [1.29, 1.82) is 0 Å². The van der Waals surface area contributed by atoms with Gasteiger partial charge >= 0.3 is 0 Å². The van der Waals surface area contributed by atoms with E-state index in [1.165, 1.54) is 0 Å². The minimum Gasteiger partial charge on any atom is -0.488 e. The summed E-state index contributed by atoms with van der Waals surface area (Å²) in [5.74, 6) is 0.455. The monoisotopic (exact) mass is 346 g/mol. The maximum absolute atomic E-state index is 12.1. The molecule has 1 heterocycles. The topological polar surface area (TPSA) is 71.5 Å². The van der Waals surface area contributed by atoms with E-state index in [-0.39, 0.29) is 17.9 Å². The van der Waals surface area contributed by atoms with Crippen molar-refractivity contribution < 1.29 is 14.6 Å². The number of aromatic nitrogens is 1. The summed E-state index contributed by atoms with van der Waals surface area (Å²) in [6, 6.07) is 10.4. The Balaban J connectivity index is 1.52. The molecule has 1 amide bonds. The molecule has 24 heavy (non-hydrogen) atoms. The molecule has 6 heteroatoms. The normalized spacial score (nSPS) is 23.0. The third-order valence-electron chi connectivity index (χ3n) is 4.24. The minimum atomic E-state index is -0.623. The van der Waals surface area contributed by atoms with Gasteiger partial charge in [0.25, 0.3) is 5.91 Å². The standard InChI is InChI=1S/C18H19ClN2O3/c19-14-2-1-3-15(10-14)24-16-5-4-13(17(16)22)11-21-18(23)12-6-8-20-9-7-12/h1-3,6-10,13,16-17,22H,4-5,11H2,(H,21,23)/t13-,16-,17-/m1/s1. The smallest absolute Gasteiger partial charge is 0.251 e. The second kappa shape index (κ2) is 7.64. The number of nitrogens with zero attached hydrogens (tertiary/aromatic N) is 1. The number of hydrogen-bond donors (Lipinski definition) is 2. The second-order valence-corrected chi connectivity index (χ2v) is 6.32. The van der Waals surface area contributed by atoms with Gasteiger partial charge in [-0.2, -0.15) is 0 Å². The molecule has 5 nitrogen and oxygen atoms in total. The first-order valence-electron chi connectivity index (χ1n) is 7.92. The van der Waals surface area contributed by atoms with Crippen molar-refractivity contribution in [2.45, 2.75) is 25.0 Å². The third kappa shape index (κ3) is 4.04. The molecule has 3 atom stereocenters. The number of aliphatic hydroxyl groups excluding tert-OH is 1. The van der Waals surface area contributed by atoms with Gasteiger partial charge < -0.3 is 15.2 Å². The number of rotatable bonds is 5. The maximum Gasteiger partial charge on any atom is 0.251 e. The molecule has 126 valence electrons. The van der Waals surface area contributed by atoms with Crippen LogP contribution < -0.4 is 10.1 Å². The van der Waals surface area contributed by atoms with E-state index >= 15 is 0 Å². The van der Waals surface area contributed by atoms with E-state index in [0.717, 1.165) is 12.8 Å². The van der Waals surface area contributed by atoms with Crippen LogP contribution in [0.4, 0.5) is 0 Å². The number of carbonyl (C=O) groups excluding carboxylic acids is 1. The van der Waals surface area contributed by atoms with Gasteiger partial charge in [-0.15, -0.1) is 0 Å². The molecule has 2 aromatic rings. The molecule has 0 saturated heterocycles. The number of halogens is 1. The number of carbonyl (C=O) groups is 1. The second-order valence-electron chi connectivity index (χ2n) is 5.89. The van der Waals surface area contributed by atoms with Crippen LogP contribution in [0, 0.1) is 5.92 Å². The Hall–Kier alpha value is -2.11. The quantitative estimate of drug-likeness (QED) is 0.873. The predicted octanol–water partition coefficient (Wildman–Crippen LogP) is 2.68. The summed E-state index contributed by atoms with van der Waals surface area (Å²) in [6.45, 7) is 0.414. The van der Waals surface area contributed by atoms with Crippen LogP contribution in [0.1, 0.15) is 23.2 Å². The molecule has 0 bridgehead atoms. The van der Waals surface area contributed by atoms with Crippen molar-refractivity contribution in [2.75, 3.05) is 6.54 Å².